The third-order valence-electron chi connectivity index (χ3n) is 3.32. The number of para-hydroxylation sites is 1. The van der Waals surface area contributed by atoms with E-state index in [-0.39, 0.29) is 17.7 Å². The van der Waals surface area contributed by atoms with Crippen LogP contribution in [0.15, 0.2) is 59.7 Å². The van der Waals surface area contributed by atoms with Crippen LogP contribution in [-0.4, -0.2) is 11.6 Å². The molecule has 2 aromatic rings. The molecule has 0 heterocycles. The number of benzene rings is 2. The van der Waals surface area contributed by atoms with Crippen molar-refractivity contribution in [1.82, 2.24) is 5.32 Å². The summed E-state index contributed by atoms with van der Waals surface area (Å²) in [5, 5.41) is 24.0. The number of carbonyl (C=O) groups is 1. The highest BCUT2D eigenvalue weighted by Gasteiger charge is 2.14. The van der Waals surface area contributed by atoms with Crippen molar-refractivity contribution in [3.63, 3.8) is 0 Å². The Morgan fingerprint density at radius 3 is 2.33 bits per heavy atom. The van der Waals surface area contributed by atoms with E-state index in [2.05, 4.69) is 15.8 Å². The maximum absolute atomic E-state index is 12.5. The molecule has 0 aromatic heterocycles. The molecule has 2 rings (SSSR count). The first-order valence-corrected chi connectivity index (χ1v) is 7.24. The molecule has 2 aromatic carbocycles. The molecule has 1 unspecified atom stereocenters. The van der Waals surface area contributed by atoms with E-state index >= 15 is 0 Å². The summed E-state index contributed by atoms with van der Waals surface area (Å²) in [6.07, 6.45) is 0. The van der Waals surface area contributed by atoms with Gasteiger partial charge >= 0.3 is 0 Å². The third-order valence-corrected chi connectivity index (χ3v) is 3.32. The van der Waals surface area contributed by atoms with E-state index in [0.29, 0.717) is 11.3 Å². The number of hydrogen-bond donors (Lipinski definition) is 2. The van der Waals surface area contributed by atoms with Gasteiger partial charge in [0.2, 0.25) is 5.71 Å². The lowest BCUT2D eigenvalue weighted by atomic mass is 10.1. The van der Waals surface area contributed by atoms with Crippen LogP contribution >= 0.6 is 0 Å². The van der Waals surface area contributed by atoms with Gasteiger partial charge in [0.15, 0.2) is 0 Å². The Bertz CT molecular complexity index is 814. The molecular weight excluding hydrogens is 302 g/mol. The first-order valence-electron chi connectivity index (χ1n) is 7.24. The molecule has 0 aliphatic heterocycles. The van der Waals surface area contributed by atoms with Crippen molar-refractivity contribution in [2.75, 3.05) is 5.43 Å². The van der Waals surface area contributed by atoms with Gasteiger partial charge in [0, 0.05) is 0 Å². The van der Waals surface area contributed by atoms with E-state index in [9.17, 15) is 4.79 Å². The van der Waals surface area contributed by atoms with Crippen molar-refractivity contribution in [3.8, 4) is 12.1 Å². The molecule has 118 valence electrons. The second-order valence-electron chi connectivity index (χ2n) is 4.95. The number of carbonyl (C=O) groups excluding carboxylic acids is 1. The molecular formula is C18H15N5O. The van der Waals surface area contributed by atoms with Crippen molar-refractivity contribution >= 4 is 17.3 Å². The van der Waals surface area contributed by atoms with E-state index in [1.54, 1.807) is 36.4 Å². The molecule has 0 aliphatic carbocycles. The highest BCUT2D eigenvalue weighted by atomic mass is 16.1. The number of hydrogen-bond acceptors (Lipinski definition) is 5. The topological polar surface area (TPSA) is 101 Å². The summed E-state index contributed by atoms with van der Waals surface area (Å²) in [6.45, 7) is 1.89. The van der Waals surface area contributed by atoms with E-state index in [0.717, 1.165) is 5.56 Å². The Hall–Kier alpha value is -3.64. The standard InChI is InChI=1S/C18H15N5O/c1-13(14-7-3-2-4-8-14)21-18(24)16-9-5-6-10-17(16)23-22-15(11-19)12-20/h2-10,13,23H,1H3,(H,21,24). The molecule has 1 amide bonds. The maximum Gasteiger partial charge on any atom is 0.253 e. The maximum atomic E-state index is 12.5. The minimum absolute atomic E-state index is 0.163. The average Bonchev–Trinajstić information content (AvgIpc) is 2.63. The van der Waals surface area contributed by atoms with Gasteiger partial charge in [0.05, 0.1) is 17.3 Å². The monoisotopic (exact) mass is 317 g/mol. The number of nitrogens with one attached hydrogen (secondary N) is 2. The van der Waals surface area contributed by atoms with E-state index in [1.165, 1.54) is 0 Å². The largest absolute Gasteiger partial charge is 0.345 e. The first-order chi connectivity index (χ1) is 11.7. The zero-order valence-corrected chi connectivity index (χ0v) is 13.0. The Balaban J connectivity index is 2.17. The van der Waals surface area contributed by atoms with Crippen LogP contribution in [-0.2, 0) is 0 Å². The van der Waals surface area contributed by atoms with E-state index in [1.807, 2.05) is 37.3 Å². The average molecular weight is 317 g/mol. The molecule has 0 fully saturated rings. The summed E-state index contributed by atoms with van der Waals surface area (Å²) in [5.74, 6) is -0.278. The number of hydrazone groups is 1. The summed E-state index contributed by atoms with van der Waals surface area (Å²) in [6, 6.07) is 19.5. The summed E-state index contributed by atoms with van der Waals surface area (Å²) in [5.41, 5.74) is 4.06. The molecule has 24 heavy (non-hydrogen) atoms. The second-order valence-corrected chi connectivity index (χ2v) is 4.95. The molecule has 0 spiro atoms. The van der Waals surface area contributed by atoms with Gasteiger partial charge in [-0.2, -0.15) is 15.6 Å². The van der Waals surface area contributed by atoms with Crippen LogP contribution in [0.4, 0.5) is 5.69 Å². The van der Waals surface area contributed by atoms with Crippen LogP contribution in [0.3, 0.4) is 0 Å². The summed E-state index contributed by atoms with van der Waals surface area (Å²) in [4.78, 5) is 12.5. The van der Waals surface area contributed by atoms with Gasteiger partial charge in [-0.15, -0.1) is 0 Å². The van der Waals surface area contributed by atoms with Crippen molar-refractivity contribution < 1.29 is 4.79 Å². The van der Waals surface area contributed by atoms with Gasteiger partial charge in [-0.25, -0.2) is 0 Å². The SMILES string of the molecule is CC(NC(=O)c1ccccc1NN=C(C#N)C#N)c1ccccc1. The molecule has 0 bridgehead atoms. The van der Waals surface area contributed by atoms with Gasteiger partial charge < -0.3 is 5.32 Å². The second kappa shape index (κ2) is 8.11. The van der Waals surface area contributed by atoms with Crippen LogP contribution in [0.25, 0.3) is 0 Å². The summed E-state index contributed by atoms with van der Waals surface area (Å²) >= 11 is 0. The molecule has 6 nitrogen and oxygen atoms in total. The van der Waals surface area contributed by atoms with Crippen molar-refractivity contribution in [2.24, 2.45) is 5.10 Å². The normalized spacial score (nSPS) is 10.6. The zero-order valence-electron chi connectivity index (χ0n) is 13.0. The fraction of sp³-hybridized carbons (Fsp3) is 0.111. The molecule has 0 saturated heterocycles. The number of anilines is 1. The predicted octanol–water partition coefficient (Wildman–Crippen LogP) is 2.99. The smallest absolute Gasteiger partial charge is 0.253 e. The van der Waals surface area contributed by atoms with Crippen molar-refractivity contribution in [1.29, 1.82) is 10.5 Å². The van der Waals surface area contributed by atoms with Crippen molar-refractivity contribution in [3.05, 3.63) is 65.7 Å². The zero-order chi connectivity index (χ0) is 17.4. The van der Waals surface area contributed by atoms with Gasteiger partial charge in [0.1, 0.15) is 12.1 Å². The van der Waals surface area contributed by atoms with Crippen molar-refractivity contribution in [2.45, 2.75) is 13.0 Å². The minimum atomic E-state index is -0.317. The van der Waals surface area contributed by atoms with E-state index < -0.39 is 0 Å². The highest BCUT2D eigenvalue weighted by Crippen LogP contribution is 2.17. The summed E-state index contributed by atoms with van der Waals surface area (Å²) in [7, 11) is 0. The molecule has 0 radical (unpaired) electrons. The first kappa shape index (κ1) is 16.7. The number of amides is 1. The predicted molar refractivity (Wildman–Crippen MR) is 91.0 cm³/mol. The summed E-state index contributed by atoms with van der Waals surface area (Å²) < 4.78 is 0. The fourth-order valence-electron chi connectivity index (χ4n) is 2.07. The van der Waals surface area contributed by atoms with Crippen LogP contribution in [0, 0.1) is 22.7 Å². The minimum Gasteiger partial charge on any atom is -0.345 e. The van der Waals surface area contributed by atoms with Crippen LogP contribution < -0.4 is 10.7 Å². The Morgan fingerprint density at radius 1 is 1.04 bits per heavy atom. The number of nitriles is 2. The van der Waals surface area contributed by atoms with Gasteiger partial charge in [-0.3, -0.25) is 10.2 Å². The molecule has 1 atom stereocenters. The number of rotatable bonds is 5. The number of nitrogens with zero attached hydrogens (tertiary/aromatic N) is 3. The third kappa shape index (κ3) is 4.19. The van der Waals surface area contributed by atoms with Crippen LogP contribution in [0.5, 0.6) is 0 Å². The fourth-order valence-corrected chi connectivity index (χ4v) is 2.07. The molecule has 2 N–H and O–H groups in total. The van der Waals surface area contributed by atoms with Crippen LogP contribution in [0.1, 0.15) is 28.9 Å². The van der Waals surface area contributed by atoms with Gasteiger partial charge in [-0.1, -0.05) is 42.5 Å². The molecule has 6 heteroatoms. The quantitative estimate of drug-likeness (QED) is 0.653. The van der Waals surface area contributed by atoms with Gasteiger partial charge in [-0.05, 0) is 24.6 Å². The molecule has 0 saturated carbocycles. The lowest BCUT2D eigenvalue weighted by molar-refractivity contribution is 0.0940. The Morgan fingerprint density at radius 2 is 1.67 bits per heavy atom. The lowest BCUT2D eigenvalue weighted by Gasteiger charge is -2.15. The van der Waals surface area contributed by atoms with E-state index in [4.69, 9.17) is 10.5 Å². The Labute approximate surface area is 140 Å². The Kier molecular flexibility index (Phi) is 5.65. The molecule has 0 aliphatic rings. The highest BCUT2D eigenvalue weighted by molar-refractivity contribution is 6.10. The lowest BCUT2D eigenvalue weighted by Crippen LogP contribution is -2.27. The van der Waals surface area contributed by atoms with Gasteiger partial charge in [0.25, 0.3) is 5.91 Å². The van der Waals surface area contributed by atoms with Crippen LogP contribution in [0.2, 0.25) is 0 Å².